The number of fused-ring (bicyclic) bond motifs is 3. The minimum Gasteiger partial charge on any atom is -0.396 e. The molecule has 5 rings (SSSR count). The highest BCUT2D eigenvalue weighted by atomic mass is 19.1. The van der Waals surface area contributed by atoms with E-state index in [1.165, 1.54) is 27.4 Å². The van der Waals surface area contributed by atoms with Crippen LogP contribution in [0.1, 0.15) is 24.2 Å². The van der Waals surface area contributed by atoms with E-state index in [2.05, 4.69) is 20.0 Å². The molecule has 1 aliphatic heterocycles. The van der Waals surface area contributed by atoms with Gasteiger partial charge in [-0.3, -0.25) is 14.1 Å². The molecular formula is C22H22FN7O4. The molecule has 3 aromatic heterocycles. The minimum absolute atomic E-state index is 0.0385. The van der Waals surface area contributed by atoms with E-state index >= 15 is 0 Å². The summed E-state index contributed by atoms with van der Waals surface area (Å²) < 4.78 is 28.2. The molecule has 1 aromatic carbocycles. The second-order valence-electron chi connectivity index (χ2n) is 8.17. The molecule has 0 radical (unpaired) electrons. The molecule has 4 aromatic rings. The Balaban J connectivity index is 1.71. The fraction of sp³-hybridized carbons (Fsp3) is 0.409. The van der Waals surface area contributed by atoms with Crippen LogP contribution in [0, 0.1) is 17.1 Å². The van der Waals surface area contributed by atoms with Crippen molar-refractivity contribution >= 4 is 16.6 Å². The van der Waals surface area contributed by atoms with Gasteiger partial charge >= 0.3 is 0 Å². The molecule has 0 spiro atoms. The fourth-order valence-corrected chi connectivity index (χ4v) is 4.14. The SMILES string of the molecule is CC(CO)c1noc(-c2ncn3c2c(=O)n(CCN2CCOCC2)c2c(C#N)c(F)ccc23)n1. The molecule has 1 aliphatic rings. The van der Waals surface area contributed by atoms with Crippen LogP contribution in [0.5, 0.6) is 0 Å². The Bertz CT molecular complexity index is 1460. The highest BCUT2D eigenvalue weighted by molar-refractivity contribution is 5.87. The molecule has 34 heavy (non-hydrogen) atoms. The van der Waals surface area contributed by atoms with E-state index in [1.807, 2.05) is 6.07 Å². The number of aliphatic hydroxyl groups is 1. The van der Waals surface area contributed by atoms with Gasteiger partial charge in [0, 0.05) is 32.1 Å². The Kier molecular flexibility index (Phi) is 5.82. The molecule has 1 fully saturated rings. The van der Waals surface area contributed by atoms with E-state index in [4.69, 9.17) is 9.26 Å². The van der Waals surface area contributed by atoms with Crippen LogP contribution >= 0.6 is 0 Å². The maximum Gasteiger partial charge on any atom is 0.278 e. The van der Waals surface area contributed by atoms with Crippen LogP contribution in [0.3, 0.4) is 0 Å². The number of benzene rings is 1. The summed E-state index contributed by atoms with van der Waals surface area (Å²) in [6, 6.07) is 4.62. The molecule has 0 amide bonds. The van der Waals surface area contributed by atoms with Gasteiger partial charge in [0.1, 0.15) is 29.3 Å². The number of aromatic nitrogens is 5. The highest BCUT2D eigenvalue weighted by Crippen LogP contribution is 2.27. The second-order valence-corrected chi connectivity index (χ2v) is 8.17. The van der Waals surface area contributed by atoms with Gasteiger partial charge in [0.05, 0.1) is 30.9 Å². The summed E-state index contributed by atoms with van der Waals surface area (Å²) in [5.74, 6) is -0.718. The first-order valence-electron chi connectivity index (χ1n) is 10.9. The van der Waals surface area contributed by atoms with Crippen molar-refractivity contribution in [3.05, 3.63) is 46.0 Å². The summed E-state index contributed by atoms with van der Waals surface area (Å²) in [5, 5.41) is 22.9. The average molecular weight is 467 g/mol. The van der Waals surface area contributed by atoms with Crippen molar-refractivity contribution in [3.63, 3.8) is 0 Å². The van der Waals surface area contributed by atoms with Gasteiger partial charge < -0.3 is 18.9 Å². The van der Waals surface area contributed by atoms with Crippen LogP contribution in [0.4, 0.5) is 4.39 Å². The number of rotatable bonds is 6. The second kappa shape index (κ2) is 8.94. The molecular weight excluding hydrogens is 445 g/mol. The molecule has 176 valence electrons. The van der Waals surface area contributed by atoms with E-state index in [0.29, 0.717) is 31.1 Å². The largest absolute Gasteiger partial charge is 0.396 e. The zero-order valence-electron chi connectivity index (χ0n) is 18.4. The number of aliphatic hydroxyl groups excluding tert-OH is 1. The van der Waals surface area contributed by atoms with Crippen molar-refractivity contribution in [2.45, 2.75) is 19.4 Å². The van der Waals surface area contributed by atoms with Crippen LogP contribution in [0.25, 0.3) is 28.1 Å². The van der Waals surface area contributed by atoms with E-state index in [1.54, 1.807) is 6.92 Å². The number of hydrogen-bond donors (Lipinski definition) is 1. The van der Waals surface area contributed by atoms with E-state index in [-0.39, 0.29) is 47.3 Å². The lowest BCUT2D eigenvalue weighted by molar-refractivity contribution is 0.0364. The third-order valence-corrected chi connectivity index (χ3v) is 6.06. The van der Waals surface area contributed by atoms with Gasteiger partial charge in [0.2, 0.25) is 0 Å². The third-order valence-electron chi connectivity index (χ3n) is 6.06. The number of halogens is 1. The predicted octanol–water partition coefficient (Wildman–Crippen LogP) is 1.14. The number of hydrogen-bond acceptors (Lipinski definition) is 9. The standard InChI is InChI=1S/C22H22FN7O4/c1-13(11-31)20-26-21(34-27-20)17-19-22(32)29(5-4-28-6-8-33-9-7-28)18-14(10-24)15(23)2-3-16(18)30(19)12-25-17/h2-3,12-13,31H,4-9,11H2,1H3. The molecule has 0 bridgehead atoms. The van der Waals surface area contributed by atoms with Crippen LogP contribution in [0.2, 0.25) is 0 Å². The van der Waals surface area contributed by atoms with Gasteiger partial charge in [-0.25, -0.2) is 9.37 Å². The number of ether oxygens (including phenoxy) is 1. The van der Waals surface area contributed by atoms with E-state index in [9.17, 15) is 19.6 Å². The monoisotopic (exact) mass is 467 g/mol. The van der Waals surface area contributed by atoms with Crippen LogP contribution in [-0.2, 0) is 11.3 Å². The van der Waals surface area contributed by atoms with Gasteiger partial charge in [-0.15, -0.1) is 0 Å². The van der Waals surface area contributed by atoms with Crippen molar-refractivity contribution < 1.29 is 18.8 Å². The van der Waals surface area contributed by atoms with Gasteiger partial charge in [-0.05, 0) is 12.1 Å². The average Bonchev–Trinajstić information content (AvgIpc) is 3.52. The molecule has 1 atom stereocenters. The smallest absolute Gasteiger partial charge is 0.278 e. The minimum atomic E-state index is -0.700. The zero-order valence-corrected chi connectivity index (χ0v) is 18.4. The lowest BCUT2D eigenvalue weighted by Crippen LogP contribution is -2.39. The zero-order chi connectivity index (χ0) is 23.8. The van der Waals surface area contributed by atoms with Crippen molar-refractivity contribution in [1.29, 1.82) is 5.26 Å². The highest BCUT2D eigenvalue weighted by Gasteiger charge is 2.24. The number of imidazole rings is 1. The maximum atomic E-state index is 14.6. The van der Waals surface area contributed by atoms with Crippen molar-refractivity contribution in [3.8, 4) is 17.7 Å². The predicted molar refractivity (Wildman–Crippen MR) is 118 cm³/mol. The van der Waals surface area contributed by atoms with Crippen LogP contribution in [-0.4, -0.2) is 73.6 Å². The van der Waals surface area contributed by atoms with Crippen LogP contribution in [0.15, 0.2) is 27.8 Å². The molecule has 1 unspecified atom stereocenters. The molecule has 0 aliphatic carbocycles. The van der Waals surface area contributed by atoms with Gasteiger partial charge in [-0.1, -0.05) is 12.1 Å². The molecule has 12 heteroatoms. The lowest BCUT2D eigenvalue weighted by Gasteiger charge is -2.27. The molecule has 1 N–H and O–H groups in total. The van der Waals surface area contributed by atoms with Gasteiger partial charge in [0.25, 0.3) is 11.4 Å². The summed E-state index contributed by atoms with van der Waals surface area (Å²) in [4.78, 5) is 24.5. The number of morpholine rings is 1. The first-order chi connectivity index (χ1) is 16.5. The lowest BCUT2D eigenvalue weighted by atomic mass is 10.1. The summed E-state index contributed by atoms with van der Waals surface area (Å²) in [7, 11) is 0. The van der Waals surface area contributed by atoms with E-state index < -0.39 is 11.4 Å². The molecule has 0 saturated carbocycles. The Morgan fingerprint density at radius 2 is 2.06 bits per heavy atom. The third kappa shape index (κ3) is 3.63. The molecule has 11 nitrogen and oxygen atoms in total. The maximum absolute atomic E-state index is 14.6. The number of nitriles is 1. The van der Waals surface area contributed by atoms with Crippen molar-refractivity contribution in [2.75, 3.05) is 39.5 Å². The van der Waals surface area contributed by atoms with Crippen molar-refractivity contribution in [2.24, 2.45) is 0 Å². The normalized spacial score (nSPS) is 15.7. The topological polar surface area (TPSA) is 135 Å². The Hall–Kier alpha value is -3.66. The summed E-state index contributed by atoms with van der Waals surface area (Å²) in [6.45, 7) is 4.99. The van der Waals surface area contributed by atoms with Crippen LogP contribution < -0.4 is 5.56 Å². The van der Waals surface area contributed by atoms with Gasteiger partial charge in [0.15, 0.2) is 11.5 Å². The molecule has 4 heterocycles. The quantitative estimate of drug-likeness (QED) is 0.443. The number of nitrogens with zero attached hydrogens (tertiary/aromatic N) is 7. The summed E-state index contributed by atoms with van der Waals surface area (Å²) >= 11 is 0. The Morgan fingerprint density at radius 1 is 1.26 bits per heavy atom. The van der Waals surface area contributed by atoms with Crippen molar-refractivity contribution in [1.82, 2.24) is 29.0 Å². The van der Waals surface area contributed by atoms with E-state index in [0.717, 1.165) is 13.1 Å². The fourth-order valence-electron chi connectivity index (χ4n) is 4.14. The summed E-state index contributed by atoms with van der Waals surface area (Å²) in [6.07, 6.45) is 1.42. The van der Waals surface area contributed by atoms with Gasteiger partial charge in [-0.2, -0.15) is 10.2 Å². The Labute approximate surface area is 192 Å². The molecule has 1 saturated heterocycles. The Morgan fingerprint density at radius 3 is 2.79 bits per heavy atom. The first kappa shape index (κ1) is 22.1. The first-order valence-corrected chi connectivity index (χ1v) is 10.9. The summed E-state index contributed by atoms with van der Waals surface area (Å²) in [5.41, 5.74) is 0.362.